The van der Waals surface area contributed by atoms with Crippen LogP contribution in [0.1, 0.15) is 43.4 Å². The van der Waals surface area contributed by atoms with E-state index in [4.69, 9.17) is 0 Å². The number of rotatable bonds is 5. The van der Waals surface area contributed by atoms with Crippen LogP contribution in [0.2, 0.25) is 0 Å². The number of nitrogens with one attached hydrogen (secondary N) is 1. The van der Waals surface area contributed by atoms with Gasteiger partial charge in [-0.05, 0) is 44.5 Å². The fraction of sp³-hybridized carbons (Fsp3) is 0.625. The quantitative estimate of drug-likeness (QED) is 0.889. The molecule has 1 aliphatic heterocycles. The highest BCUT2D eigenvalue weighted by Gasteiger charge is 2.33. The number of halogens is 3. The number of piperidine rings is 1. The van der Waals surface area contributed by atoms with E-state index in [2.05, 4.69) is 10.2 Å². The molecule has 1 aromatic rings. The van der Waals surface area contributed by atoms with E-state index in [1.165, 1.54) is 25.3 Å². The zero-order valence-electron chi connectivity index (χ0n) is 12.4. The monoisotopic (exact) mass is 300 g/mol. The summed E-state index contributed by atoms with van der Waals surface area (Å²) in [4.78, 5) is 2.37. The fourth-order valence-electron chi connectivity index (χ4n) is 2.86. The van der Waals surface area contributed by atoms with Gasteiger partial charge in [0.05, 0.1) is 5.56 Å². The Bertz CT molecular complexity index is 439. The normalized spacial score (nSPS) is 18.7. The Balaban J connectivity index is 1.89. The van der Waals surface area contributed by atoms with Gasteiger partial charge >= 0.3 is 6.18 Å². The standard InChI is InChI=1S/C16H23F3N2/c1-13(20-9-12-21-10-5-2-6-11-21)14-7-3-4-8-15(14)16(17,18)19/h3-4,7-8,13,20H,2,5-6,9-12H2,1H3. The van der Waals surface area contributed by atoms with Gasteiger partial charge in [0.1, 0.15) is 0 Å². The number of benzene rings is 1. The van der Waals surface area contributed by atoms with Crippen LogP contribution in [0.25, 0.3) is 0 Å². The molecule has 5 heteroatoms. The summed E-state index contributed by atoms with van der Waals surface area (Å²) in [5, 5.41) is 3.22. The Kier molecular flexibility index (Phi) is 5.65. The first kappa shape index (κ1) is 16.3. The Labute approximate surface area is 124 Å². The second kappa shape index (κ2) is 7.27. The molecule has 0 bridgehead atoms. The maximum atomic E-state index is 13.0. The van der Waals surface area contributed by atoms with Gasteiger partial charge in [0.15, 0.2) is 0 Å². The van der Waals surface area contributed by atoms with Crippen LogP contribution in [0, 0.1) is 0 Å². The van der Waals surface area contributed by atoms with Crippen molar-refractivity contribution in [3.8, 4) is 0 Å². The highest BCUT2D eigenvalue weighted by Crippen LogP contribution is 2.34. The predicted molar refractivity (Wildman–Crippen MR) is 78.2 cm³/mol. The van der Waals surface area contributed by atoms with Crippen LogP contribution in [-0.4, -0.2) is 31.1 Å². The van der Waals surface area contributed by atoms with Gasteiger partial charge < -0.3 is 10.2 Å². The molecule has 0 spiro atoms. The third-order valence-corrected chi connectivity index (χ3v) is 4.06. The molecular formula is C16H23F3N2. The Morgan fingerprint density at radius 3 is 2.48 bits per heavy atom. The molecule has 1 saturated heterocycles. The largest absolute Gasteiger partial charge is 0.416 e. The van der Waals surface area contributed by atoms with Crippen molar-refractivity contribution >= 4 is 0 Å². The van der Waals surface area contributed by atoms with Crippen LogP contribution in [0.15, 0.2) is 24.3 Å². The molecule has 0 saturated carbocycles. The summed E-state index contributed by atoms with van der Waals surface area (Å²) in [6, 6.07) is 5.51. The first-order valence-corrected chi connectivity index (χ1v) is 7.60. The summed E-state index contributed by atoms with van der Waals surface area (Å²) in [5.41, 5.74) is -0.216. The van der Waals surface area contributed by atoms with Crippen LogP contribution in [0.3, 0.4) is 0 Å². The minimum Gasteiger partial charge on any atom is -0.309 e. The highest BCUT2D eigenvalue weighted by atomic mass is 19.4. The van der Waals surface area contributed by atoms with Gasteiger partial charge in [-0.15, -0.1) is 0 Å². The van der Waals surface area contributed by atoms with Crippen molar-refractivity contribution in [2.45, 2.75) is 38.4 Å². The van der Waals surface area contributed by atoms with Crippen molar-refractivity contribution in [3.05, 3.63) is 35.4 Å². The smallest absolute Gasteiger partial charge is 0.309 e. The molecule has 0 radical (unpaired) electrons. The zero-order valence-corrected chi connectivity index (χ0v) is 12.4. The molecule has 1 atom stereocenters. The lowest BCUT2D eigenvalue weighted by Gasteiger charge is -2.27. The molecular weight excluding hydrogens is 277 g/mol. The van der Waals surface area contributed by atoms with Crippen LogP contribution in [0.4, 0.5) is 13.2 Å². The number of hydrogen-bond donors (Lipinski definition) is 1. The van der Waals surface area contributed by atoms with Gasteiger partial charge in [0, 0.05) is 19.1 Å². The molecule has 1 aromatic carbocycles. The van der Waals surface area contributed by atoms with Gasteiger partial charge in [-0.2, -0.15) is 13.2 Å². The highest BCUT2D eigenvalue weighted by molar-refractivity contribution is 5.32. The van der Waals surface area contributed by atoms with E-state index in [0.717, 1.165) is 25.7 Å². The second-order valence-corrected chi connectivity index (χ2v) is 5.66. The van der Waals surface area contributed by atoms with Gasteiger partial charge in [-0.3, -0.25) is 0 Å². The predicted octanol–water partition coefficient (Wildman–Crippen LogP) is 3.84. The second-order valence-electron chi connectivity index (χ2n) is 5.66. The number of nitrogens with zero attached hydrogens (tertiary/aromatic N) is 1. The summed E-state index contributed by atoms with van der Waals surface area (Å²) >= 11 is 0. The number of alkyl halides is 3. The summed E-state index contributed by atoms with van der Waals surface area (Å²) < 4.78 is 39.0. The minimum atomic E-state index is -4.29. The van der Waals surface area contributed by atoms with Crippen LogP contribution >= 0.6 is 0 Å². The SMILES string of the molecule is CC(NCCN1CCCCC1)c1ccccc1C(F)(F)F. The first-order valence-electron chi connectivity index (χ1n) is 7.60. The third kappa shape index (κ3) is 4.71. The Morgan fingerprint density at radius 1 is 1.14 bits per heavy atom. The van der Waals surface area contributed by atoms with Crippen molar-refractivity contribution in [1.82, 2.24) is 10.2 Å². The lowest BCUT2D eigenvalue weighted by Crippen LogP contribution is -2.36. The molecule has 21 heavy (non-hydrogen) atoms. The molecule has 0 aliphatic carbocycles. The van der Waals surface area contributed by atoms with E-state index in [-0.39, 0.29) is 6.04 Å². The van der Waals surface area contributed by atoms with Crippen LogP contribution in [0.5, 0.6) is 0 Å². The molecule has 0 aromatic heterocycles. The molecule has 1 heterocycles. The average molecular weight is 300 g/mol. The first-order chi connectivity index (χ1) is 9.98. The van der Waals surface area contributed by atoms with Gasteiger partial charge in [-0.25, -0.2) is 0 Å². The van der Waals surface area contributed by atoms with Gasteiger partial charge in [0.2, 0.25) is 0 Å². The van der Waals surface area contributed by atoms with Crippen molar-refractivity contribution in [2.75, 3.05) is 26.2 Å². The van der Waals surface area contributed by atoms with Crippen LogP contribution < -0.4 is 5.32 Å². The third-order valence-electron chi connectivity index (χ3n) is 4.06. The van der Waals surface area contributed by atoms with Crippen LogP contribution in [-0.2, 0) is 6.18 Å². The molecule has 0 amide bonds. The molecule has 1 fully saturated rings. The fourth-order valence-corrected chi connectivity index (χ4v) is 2.86. The molecule has 2 nitrogen and oxygen atoms in total. The Morgan fingerprint density at radius 2 is 1.81 bits per heavy atom. The summed E-state index contributed by atoms with van der Waals surface area (Å²) in [7, 11) is 0. The van der Waals surface area contributed by atoms with E-state index in [1.54, 1.807) is 19.1 Å². The van der Waals surface area contributed by atoms with Crippen molar-refractivity contribution in [2.24, 2.45) is 0 Å². The lowest BCUT2D eigenvalue weighted by molar-refractivity contribution is -0.138. The lowest BCUT2D eigenvalue weighted by atomic mass is 10.0. The molecule has 1 N–H and O–H groups in total. The van der Waals surface area contributed by atoms with E-state index < -0.39 is 11.7 Å². The van der Waals surface area contributed by atoms with Gasteiger partial charge in [-0.1, -0.05) is 24.6 Å². The topological polar surface area (TPSA) is 15.3 Å². The van der Waals surface area contributed by atoms with Gasteiger partial charge in [0.25, 0.3) is 0 Å². The summed E-state index contributed by atoms with van der Waals surface area (Å²) in [6.07, 6.45) is -0.544. The van der Waals surface area contributed by atoms with E-state index in [0.29, 0.717) is 12.1 Å². The number of hydrogen-bond acceptors (Lipinski definition) is 2. The maximum Gasteiger partial charge on any atom is 0.416 e. The summed E-state index contributed by atoms with van der Waals surface area (Å²) in [5.74, 6) is 0. The maximum absolute atomic E-state index is 13.0. The van der Waals surface area contributed by atoms with E-state index in [1.807, 2.05) is 0 Å². The van der Waals surface area contributed by atoms with Crippen molar-refractivity contribution < 1.29 is 13.2 Å². The van der Waals surface area contributed by atoms with Crippen molar-refractivity contribution in [1.29, 1.82) is 0 Å². The van der Waals surface area contributed by atoms with Crippen molar-refractivity contribution in [3.63, 3.8) is 0 Å². The van der Waals surface area contributed by atoms with E-state index >= 15 is 0 Å². The molecule has 1 aliphatic rings. The molecule has 118 valence electrons. The number of likely N-dealkylation sites (tertiary alicyclic amines) is 1. The summed E-state index contributed by atoms with van der Waals surface area (Å²) in [6.45, 7) is 5.62. The Hall–Kier alpha value is -1.07. The average Bonchev–Trinajstić information content (AvgIpc) is 2.47. The zero-order chi connectivity index (χ0) is 15.3. The molecule has 2 rings (SSSR count). The van der Waals surface area contributed by atoms with E-state index in [9.17, 15) is 13.2 Å². The molecule has 1 unspecified atom stereocenters. The minimum absolute atomic E-state index is 0.299.